The molecule has 1 heterocycles. The van der Waals surface area contributed by atoms with Gasteiger partial charge < -0.3 is 10.0 Å². The second-order valence-electron chi connectivity index (χ2n) is 5.13. The van der Waals surface area contributed by atoms with E-state index in [4.69, 9.17) is 0 Å². The molecule has 1 atom stereocenters. The van der Waals surface area contributed by atoms with Gasteiger partial charge in [-0.05, 0) is 26.0 Å². The Morgan fingerprint density at radius 2 is 2.00 bits per heavy atom. The van der Waals surface area contributed by atoms with E-state index in [1.807, 2.05) is 37.3 Å². The molecule has 0 unspecified atom stereocenters. The fourth-order valence-electron chi connectivity index (χ4n) is 2.12. The molecule has 2 aromatic rings. The van der Waals surface area contributed by atoms with Crippen molar-refractivity contribution >= 4 is 11.3 Å². The zero-order valence-electron chi connectivity index (χ0n) is 12.1. The lowest BCUT2D eigenvalue weighted by Gasteiger charge is -2.18. The highest BCUT2D eigenvalue weighted by Crippen LogP contribution is 2.16. The Morgan fingerprint density at radius 1 is 1.25 bits per heavy atom. The molecule has 0 saturated heterocycles. The highest BCUT2D eigenvalue weighted by Gasteiger charge is 2.09. The number of thiazole rings is 1. The number of hydrogen-bond donors (Lipinski definition) is 1. The normalized spacial score (nSPS) is 12.8. The smallest absolute Gasteiger partial charge is 0.0897 e. The van der Waals surface area contributed by atoms with Gasteiger partial charge in [0.1, 0.15) is 0 Å². The summed E-state index contributed by atoms with van der Waals surface area (Å²) in [6.45, 7) is 3.90. The average Bonchev–Trinajstić information content (AvgIpc) is 2.89. The molecule has 1 N–H and O–H groups in total. The van der Waals surface area contributed by atoms with E-state index in [1.165, 1.54) is 5.69 Å². The van der Waals surface area contributed by atoms with Crippen LogP contribution in [0.25, 0.3) is 0 Å². The van der Waals surface area contributed by atoms with Crippen LogP contribution in [-0.2, 0) is 6.42 Å². The van der Waals surface area contributed by atoms with Crippen LogP contribution in [0.4, 0.5) is 0 Å². The summed E-state index contributed by atoms with van der Waals surface area (Å²) in [5.74, 6) is 0. The van der Waals surface area contributed by atoms with E-state index >= 15 is 0 Å². The Bertz CT molecular complexity index is 512. The van der Waals surface area contributed by atoms with E-state index in [1.54, 1.807) is 11.3 Å². The van der Waals surface area contributed by atoms with Crippen LogP contribution in [0.3, 0.4) is 0 Å². The van der Waals surface area contributed by atoms with Crippen molar-refractivity contribution in [2.24, 2.45) is 0 Å². The van der Waals surface area contributed by atoms with Crippen molar-refractivity contribution in [1.29, 1.82) is 0 Å². The predicted molar refractivity (Wildman–Crippen MR) is 84.1 cm³/mol. The highest BCUT2D eigenvalue weighted by molar-refractivity contribution is 7.09. The van der Waals surface area contributed by atoms with Crippen LogP contribution < -0.4 is 0 Å². The lowest BCUT2D eigenvalue weighted by Crippen LogP contribution is -2.24. The second-order valence-corrected chi connectivity index (χ2v) is 6.19. The fraction of sp³-hybridized carbons (Fsp3) is 0.438. The molecule has 0 saturated carbocycles. The maximum Gasteiger partial charge on any atom is 0.0897 e. The Kier molecular flexibility index (Phi) is 5.71. The molecule has 108 valence electrons. The third-order valence-corrected chi connectivity index (χ3v) is 4.21. The molecule has 0 amide bonds. The lowest BCUT2D eigenvalue weighted by molar-refractivity contribution is 0.149. The van der Waals surface area contributed by atoms with Crippen molar-refractivity contribution in [3.63, 3.8) is 0 Å². The molecule has 2 rings (SSSR count). The van der Waals surface area contributed by atoms with E-state index in [-0.39, 0.29) is 6.10 Å². The average molecular weight is 290 g/mol. The molecule has 0 aliphatic rings. The monoisotopic (exact) mass is 290 g/mol. The van der Waals surface area contributed by atoms with Crippen LogP contribution in [0, 0.1) is 6.92 Å². The largest absolute Gasteiger partial charge is 0.388 e. The number of likely N-dealkylation sites (N-methyl/N-ethyl adjacent to an activating group) is 1. The Labute approximate surface area is 124 Å². The first-order valence-electron chi connectivity index (χ1n) is 6.97. The summed E-state index contributed by atoms with van der Waals surface area (Å²) in [7, 11) is 2.09. The molecular formula is C16H22N2OS. The zero-order valence-corrected chi connectivity index (χ0v) is 12.9. The molecule has 1 aromatic heterocycles. The van der Waals surface area contributed by atoms with Gasteiger partial charge in [-0.2, -0.15) is 0 Å². The maximum absolute atomic E-state index is 10.1. The van der Waals surface area contributed by atoms with Crippen LogP contribution in [0.15, 0.2) is 35.7 Å². The van der Waals surface area contributed by atoms with Crippen LogP contribution in [0.2, 0.25) is 0 Å². The Morgan fingerprint density at radius 3 is 2.65 bits per heavy atom. The number of nitrogens with zero attached hydrogens (tertiary/aromatic N) is 2. The van der Waals surface area contributed by atoms with Crippen molar-refractivity contribution in [2.45, 2.75) is 25.9 Å². The Balaban J connectivity index is 1.71. The number of hydrogen-bond acceptors (Lipinski definition) is 4. The molecule has 0 spiro atoms. The van der Waals surface area contributed by atoms with Gasteiger partial charge >= 0.3 is 0 Å². The molecule has 20 heavy (non-hydrogen) atoms. The van der Waals surface area contributed by atoms with Gasteiger partial charge in [-0.1, -0.05) is 30.3 Å². The van der Waals surface area contributed by atoms with Crippen LogP contribution in [0.1, 0.15) is 28.8 Å². The first-order valence-corrected chi connectivity index (χ1v) is 7.85. The number of aromatic nitrogens is 1. The lowest BCUT2D eigenvalue weighted by atomic mass is 10.1. The number of rotatable bonds is 7. The number of aliphatic hydroxyl groups is 1. The first-order chi connectivity index (χ1) is 9.65. The minimum absolute atomic E-state index is 0.375. The molecule has 0 bridgehead atoms. The van der Waals surface area contributed by atoms with Crippen LogP contribution in [-0.4, -0.2) is 35.1 Å². The second kappa shape index (κ2) is 7.53. The summed E-state index contributed by atoms with van der Waals surface area (Å²) in [6.07, 6.45) is 1.36. The minimum atomic E-state index is -0.375. The van der Waals surface area contributed by atoms with E-state index in [0.717, 1.165) is 36.5 Å². The van der Waals surface area contributed by atoms with E-state index < -0.39 is 0 Å². The van der Waals surface area contributed by atoms with Crippen molar-refractivity contribution < 1.29 is 5.11 Å². The van der Waals surface area contributed by atoms with Gasteiger partial charge in [-0.15, -0.1) is 11.3 Å². The summed E-state index contributed by atoms with van der Waals surface area (Å²) >= 11 is 1.70. The van der Waals surface area contributed by atoms with Gasteiger partial charge in [-0.25, -0.2) is 4.98 Å². The number of benzene rings is 1. The van der Waals surface area contributed by atoms with Gasteiger partial charge in [0.25, 0.3) is 0 Å². The third-order valence-electron chi connectivity index (χ3n) is 3.38. The fourth-order valence-corrected chi connectivity index (χ4v) is 2.77. The molecule has 0 radical (unpaired) electrons. The molecule has 0 aliphatic carbocycles. The van der Waals surface area contributed by atoms with Gasteiger partial charge in [-0.3, -0.25) is 0 Å². The van der Waals surface area contributed by atoms with Gasteiger partial charge in [0.15, 0.2) is 0 Å². The summed E-state index contributed by atoms with van der Waals surface area (Å²) < 4.78 is 0. The van der Waals surface area contributed by atoms with E-state index in [9.17, 15) is 5.11 Å². The van der Waals surface area contributed by atoms with Gasteiger partial charge in [0.05, 0.1) is 16.8 Å². The summed E-state index contributed by atoms with van der Waals surface area (Å²) in [4.78, 5) is 6.72. The highest BCUT2D eigenvalue weighted by atomic mass is 32.1. The van der Waals surface area contributed by atoms with Crippen molar-refractivity contribution in [2.75, 3.05) is 20.1 Å². The molecule has 4 heteroatoms. The summed E-state index contributed by atoms with van der Waals surface area (Å²) in [5, 5.41) is 13.4. The van der Waals surface area contributed by atoms with E-state index in [2.05, 4.69) is 22.3 Å². The maximum atomic E-state index is 10.1. The minimum Gasteiger partial charge on any atom is -0.388 e. The van der Waals surface area contributed by atoms with Crippen LogP contribution in [0.5, 0.6) is 0 Å². The molecule has 1 aromatic carbocycles. The molecule has 0 fully saturated rings. The Hall–Kier alpha value is -1.23. The quantitative estimate of drug-likeness (QED) is 0.851. The summed E-state index contributed by atoms with van der Waals surface area (Å²) in [5.41, 5.74) is 2.17. The third kappa shape index (κ3) is 4.71. The topological polar surface area (TPSA) is 36.4 Å². The van der Waals surface area contributed by atoms with Crippen molar-refractivity contribution in [1.82, 2.24) is 9.88 Å². The van der Waals surface area contributed by atoms with E-state index in [0.29, 0.717) is 0 Å². The van der Waals surface area contributed by atoms with Gasteiger partial charge in [0.2, 0.25) is 0 Å². The van der Waals surface area contributed by atoms with Crippen molar-refractivity contribution in [3.8, 4) is 0 Å². The zero-order chi connectivity index (χ0) is 14.4. The van der Waals surface area contributed by atoms with Crippen LogP contribution >= 0.6 is 11.3 Å². The standard InChI is InChI=1S/C16H22N2OS/c1-13-17-15(12-20-13)8-10-18(2)11-9-16(19)14-6-4-3-5-7-14/h3-7,12,16,19H,8-11H2,1-2H3/t16-/m1/s1. The molecular weight excluding hydrogens is 268 g/mol. The molecule has 3 nitrogen and oxygen atoms in total. The SMILES string of the molecule is Cc1nc(CCN(C)CC[C@@H](O)c2ccccc2)cs1. The predicted octanol–water partition coefficient (Wildman–Crippen LogP) is 3.05. The summed E-state index contributed by atoms with van der Waals surface area (Å²) in [6, 6.07) is 9.85. The first kappa shape index (κ1) is 15.2. The molecule has 0 aliphatic heterocycles. The van der Waals surface area contributed by atoms with Gasteiger partial charge in [0, 0.05) is 24.9 Å². The number of aryl methyl sites for hydroxylation is 1. The van der Waals surface area contributed by atoms with Crippen molar-refractivity contribution in [3.05, 3.63) is 52.0 Å². The number of aliphatic hydroxyl groups excluding tert-OH is 1.